The lowest BCUT2D eigenvalue weighted by Gasteiger charge is -2.39. The third kappa shape index (κ3) is 4.66. The van der Waals surface area contributed by atoms with Gasteiger partial charge in [0.05, 0.1) is 17.4 Å². The average Bonchev–Trinajstić information content (AvgIpc) is 2.79. The Morgan fingerprint density at radius 2 is 1.67 bits per heavy atom. The number of likely N-dealkylation sites (tertiary alicyclic amines) is 1. The summed E-state index contributed by atoms with van der Waals surface area (Å²) in [5, 5.41) is 13.4. The van der Waals surface area contributed by atoms with E-state index in [0.717, 1.165) is 5.56 Å². The molecule has 156 valence electrons. The second kappa shape index (κ2) is 9.32. The van der Waals surface area contributed by atoms with Gasteiger partial charge in [0, 0.05) is 29.7 Å². The summed E-state index contributed by atoms with van der Waals surface area (Å²) in [7, 11) is 0. The highest BCUT2D eigenvalue weighted by Gasteiger charge is 2.39. The van der Waals surface area contributed by atoms with Crippen molar-refractivity contribution in [2.75, 3.05) is 13.1 Å². The molecule has 1 aliphatic heterocycles. The van der Waals surface area contributed by atoms with Crippen LogP contribution in [0.25, 0.3) is 0 Å². The van der Waals surface area contributed by atoms with Crippen LogP contribution < -0.4 is 5.32 Å². The van der Waals surface area contributed by atoms with Gasteiger partial charge in [-0.3, -0.25) is 9.59 Å². The number of halogens is 1. The molecule has 1 aliphatic rings. The number of carbonyl (C=O) groups excluding carboxylic acids is 2. The van der Waals surface area contributed by atoms with Crippen LogP contribution in [0.3, 0.4) is 0 Å². The summed E-state index contributed by atoms with van der Waals surface area (Å²) in [6.07, 6.45) is 1.16. The zero-order chi connectivity index (χ0) is 21.7. The van der Waals surface area contributed by atoms with Crippen LogP contribution in [0.1, 0.15) is 42.6 Å². The van der Waals surface area contributed by atoms with Gasteiger partial charge in [0.25, 0.3) is 5.91 Å². The molecule has 1 fully saturated rings. The zero-order valence-electron chi connectivity index (χ0n) is 17.3. The van der Waals surface area contributed by atoms with Crippen LogP contribution in [0.15, 0.2) is 54.6 Å². The van der Waals surface area contributed by atoms with E-state index in [4.69, 9.17) is 11.6 Å². The van der Waals surface area contributed by atoms with Gasteiger partial charge < -0.3 is 10.2 Å². The van der Waals surface area contributed by atoms with E-state index in [1.54, 1.807) is 29.2 Å². The van der Waals surface area contributed by atoms with Crippen LogP contribution in [0, 0.1) is 17.2 Å². The number of nitrogens with one attached hydrogen (secondary N) is 1. The number of benzene rings is 2. The van der Waals surface area contributed by atoms with E-state index in [1.807, 2.05) is 44.2 Å². The molecule has 0 aliphatic carbocycles. The van der Waals surface area contributed by atoms with Crippen LogP contribution in [-0.2, 0) is 10.2 Å². The maximum Gasteiger partial charge on any atom is 0.251 e. The molecule has 30 heavy (non-hydrogen) atoms. The molecule has 3 rings (SSSR count). The molecule has 1 heterocycles. The Morgan fingerprint density at radius 1 is 1.07 bits per heavy atom. The number of piperidine rings is 1. The van der Waals surface area contributed by atoms with Gasteiger partial charge in [-0.2, -0.15) is 5.26 Å². The monoisotopic (exact) mass is 423 g/mol. The number of nitrogens with zero attached hydrogens (tertiary/aromatic N) is 2. The first-order chi connectivity index (χ1) is 14.4. The van der Waals surface area contributed by atoms with E-state index < -0.39 is 5.41 Å². The number of rotatable bonds is 5. The Labute approximate surface area is 182 Å². The Hall–Kier alpha value is -2.84. The predicted octanol–water partition coefficient (Wildman–Crippen LogP) is 4.18. The number of hydrogen-bond donors (Lipinski definition) is 1. The minimum atomic E-state index is -0.599. The van der Waals surface area contributed by atoms with E-state index in [0.29, 0.717) is 36.5 Å². The molecule has 1 saturated heterocycles. The first-order valence-corrected chi connectivity index (χ1v) is 10.6. The Morgan fingerprint density at radius 3 is 2.23 bits per heavy atom. The van der Waals surface area contributed by atoms with E-state index in [2.05, 4.69) is 11.4 Å². The SMILES string of the molecule is CC(NC(=O)c1ccccc1)C(C)C(=O)N1CCC(C#N)(c2ccc(Cl)cc2)CC1. The number of amides is 2. The fourth-order valence-corrected chi connectivity index (χ4v) is 3.98. The highest BCUT2D eigenvalue weighted by Crippen LogP contribution is 2.36. The lowest BCUT2D eigenvalue weighted by Crippen LogP contribution is -2.50. The van der Waals surface area contributed by atoms with Gasteiger partial charge in [0.1, 0.15) is 0 Å². The van der Waals surface area contributed by atoms with E-state index in [1.165, 1.54) is 0 Å². The fraction of sp³-hybridized carbons (Fsp3) is 0.375. The van der Waals surface area contributed by atoms with Crippen LogP contribution in [0.5, 0.6) is 0 Å². The summed E-state index contributed by atoms with van der Waals surface area (Å²) < 4.78 is 0. The average molecular weight is 424 g/mol. The van der Waals surface area contributed by atoms with Gasteiger partial charge in [-0.05, 0) is 49.6 Å². The van der Waals surface area contributed by atoms with Crippen molar-refractivity contribution < 1.29 is 9.59 Å². The molecule has 2 aromatic rings. The summed E-state index contributed by atoms with van der Waals surface area (Å²) in [4.78, 5) is 27.2. The third-order valence-corrected chi connectivity index (χ3v) is 6.33. The minimum absolute atomic E-state index is 0.00138. The van der Waals surface area contributed by atoms with Crippen LogP contribution >= 0.6 is 11.6 Å². The lowest BCUT2D eigenvalue weighted by molar-refractivity contribution is -0.137. The molecule has 0 spiro atoms. The quantitative estimate of drug-likeness (QED) is 0.784. The molecule has 0 radical (unpaired) electrons. The largest absolute Gasteiger partial charge is 0.349 e. The zero-order valence-corrected chi connectivity index (χ0v) is 18.0. The normalized spacial score (nSPS) is 17.5. The van der Waals surface area contributed by atoms with Crippen molar-refractivity contribution in [3.8, 4) is 6.07 Å². The molecule has 2 amide bonds. The van der Waals surface area contributed by atoms with Gasteiger partial charge in [-0.15, -0.1) is 0 Å². The van der Waals surface area contributed by atoms with Crippen molar-refractivity contribution in [1.29, 1.82) is 5.26 Å². The lowest BCUT2D eigenvalue weighted by atomic mass is 9.74. The first-order valence-electron chi connectivity index (χ1n) is 10.2. The van der Waals surface area contributed by atoms with Gasteiger partial charge >= 0.3 is 0 Å². The summed E-state index contributed by atoms with van der Waals surface area (Å²) in [5.74, 6) is -0.547. The molecule has 2 unspecified atom stereocenters. The predicted molar refractivity (Wildman–Crippen MR) is 117 cm³/mol. The van der Waals surface area contributed by atoms with Crippen LogP contribution in [0.2, 0.25) is 5.02 Å². The van der Waals surface area contributed by atoms with Crippen molar-refractivity contribution in [2.45, 2.75) is 38.1 Å². The van der Waals surface area contributed by atoms with E-state index >= 15 is 0 Å². The van der Waals surface area contributed by atoms with Crippen molar-refractivity contribution in [3.63, 3.8) is 0 Å². The minimum Gasteiger partial charge on any atom is -0.349 e. The van der Waals surface area contributed by atoms with Crippen molar-refractivity contribution in [1.82, 2.24) is 10.2 Å². The van der Waals surface area contributed by atoms with E-state index in [9.17, 15) is 14.9 Å². The Balaban J connectivity index is 1.60. The van der Waals surface area contributed by atoms with Gasteiger partial charge in [-0.25, -0.2) is 0 Å². The van der Waals surface area contributed by atoms with Gasteiger partial charge in [0.2, 0.25) is 5.91 Å². The molecule has 2 atom stereocenters. The van der Waals surface area contributed by atoms with Gasteiger partial charge in [-0.1, -0.05) is 48.9 Å². The summed E-state index contributed by atoms with van der Waals surface area (Å²) >= 11 is 5.98. The second-order valence-corrected chi connectivity index (χ2v) is 8.38. The Bertz CT molecular complexity index is 929. The highest BCUT2D eigenvalue weighted by molar-refractivity contribution is 6.30. The van der Waals surface area contributed by atoms with Gasteiger partial charge in [0.15, 0.2) is 0 Å². The van der Waals surface area contributed by atoms with Crippen molar-refractivity contribution in [2.24, 2.45) is 5.92 Å². The summed E-state index contributed by atoms with van der Waals surface area (Å²) in [6, 6.07) is 18.5. The molecule has 2 aromatic carbocycles. The van der Waals surface area contributed by atoms with Crippen LogP contribution in [0.4, 0.5) is 0 Å². The standard InChI is InChI=1S/C24H26ClN3O2/c1-17(18(2)27-22(29)19-6-4-3-5-7-19)23(30)28-14-12-24(16-26,13-15-28)20-8-10-21(25)11-9-20/h3-11,17-18H,12-15H2,1-2H3,(H,27,29). The summed E-state index contributed by atoms with van der Waals surface area (Å²) in [5.41, 5.74) is 0.916. The number of nitriles is 1. The molecule has 0 bridgehead atoms. The summed E-state index contributed by atoms with van der Waals surface area (Å²) in [6.45, 7) is 4.71. The molecule has 0 aromatic heterocycles. The molecule has 6 heteroatoms. The topological polar surface area (TPSA) is 73.2 Å². The van der Waals surface area contributed by atoms with Crippen LogP contribution in [-0.4, -0.2) is 35.8 Å². The van der Waals surface area contributed by atoms with Crippen molar-refractivity contribution >= 4 is 23.4 Å². The second-order valence-electron chi connectivity index (χ2n) is 7.94. The van der Waals surface area contributed by atoms with E-state index in [-0.39, 0.29) is 23.8 Å². The molecular formula is C24H26ClN3O2. The maximum atomic E-state index is 13.0. The first kappa shape index (κ1) is 21.9. The molecule has 1 N–H and O–H groups in total. The number of carbonyl (C=O) groups is 2. The van der Waals surface area contributed by atoms with Crippen molar-refractivity contribution in [3.05, 3.63) is 70.7 Å². The molecular weight excluding hydrogens is 398 g/mol. The third-order valence-electron chi connectivity index (χ3n) is 6.07. The molecule has 5 nitrogen and oxygen atoms in total. The maximum absolute atomic E-state index is 13.0. The fourth-order valence-electron chi connectivity index (χ4n) is 3.85. The highest BCUT2D eigenvalue weighted by atomic mass is 35.5. The Kier molecular flexibility index (Phi) is 6.79. The smallest absolute Gasteiger partial charge is 0.251 e. The number of hydrogen-bond acceptors (Lipinski definition) is 3. The molecule has 0 saturated carbocycles.